The Morgan fingerprint density at radius 2 is 1.71 bits per heavy atom. The summed E-state index contributed by atoms with van der Waals surface area (Å²) in [5.74, 6) is -8.14. The van der Waals surface area contributed by atoms with Gasteiger partial charge in [0.2, 0.25) is 12.6 Å². The smallest absolute Gasteiger partial charge is 0.412 e. The summed E-state index contributed by atoms with van der Waals surface area (Å²) in [5.41, 5.74) is 2.09. The first-order chi connectivity index (χ1) is 23.7. The second-order valence-corrected chi connectivity index (χ2v) is 14.8. The minimum absolute atomic E-state index is 0.0347. The number of phenols is 1. The normalized spacial score (nSPS) is 23.1. The number of benzene rings is 1. The molecule has 6 N–H and O–H groups in total. The molecule has 0 saturated heterocycles. The summed E-state index contributed by atoms with van der Waals surface area (Å²) in [5, 5.41) is 46.6. The van der Waals surface area contributed by atoms with Gasteiger partial charge in [0.25, 0.3) is 5.91 Å². The maximum Gasteiger partial charge on any atom is 0.412 e. The number of hydrogen-bond acceptors (Lipinski definition) is 14. The van der Waals surface area contributed by atoms with Crippen molar-refractivity contribution >= 4 is 41.0 Å². The molecule has 0 aliphatic heterocycles. The average Bonchev–Trinajstić information content (AvgIpc) is 3.01. The summed E-state index contributed by atoms with van der Waals surface area (Å²) < 4.78 is 15.0. The molecule has 16 heteroatoms. The number of anilines is 1. The van der Waals surface area contributed by atoms with E-state index in [9.17, 15) is 44.4 Å². The number of carbonyl (C=O) groups is 5. The standard InChI is InChI=1S/C35H48N4O12/c1-34(2,3)15-39(33(47)51-16-50-22(40)9-10-49-8)14-18-13-21(37(4)5)19-11-17-12-20-26(38(6)7)29(43)25(32(36)46)31(45)35(20,48)30(44)23(17)28(42)24(19)27(18)41/h13,17,20,26,41-42,45,48H,9-12,14-16H2,1-8H3,(H2,36,46)/t17-,20-,26-,35-/m0/s1. The summed E-state index contributed by atoms with van der Waals surface area (Å²) in [6, 6.07) is 0.454. The van der Waals surface area contributed by atoms with Gasteiger partial charge in [-0.05, 0) is 49.9 Å². The number of ether oxygens (including phenoxy) is 3. The number of Topliss-reactive ketones (excluding diaryl/α,β-unsaturated/α-hetero) is 2. The average molecular weight is 717 g/mol. The van der Waals surface area contributed by atoms with Crippen LogP contribution in [-0.2, 0) is 46.4 Å². The molecule has 280 valence electrons. The Labute approximate surface area is 296 Å². The molecule has 1 aromatic carbocycles. The van der Waals surface area contributed by atoms with Crippen LogP contribution in [0.4, 0.5) is 10.5 Å². The van der Waals surface area contributed by atoms with Gasteiger partial charge in [-0.1, -0.05) is 20.8 Å². The molecule has 0 unspecified atom stereocenters. The molecule has 1 fully saturated rings. The van der Waals surface area contributed by atoms with E-state index in [1.165, 1.54) is 31.0 Å². The van der Waals surface area contributed by atoms with Gasteiger partial charge >= 0.3 is 12.1 Å². The predicted octanol–water partition coefficient (Wildman–Crippen LogP) is 1.55. The quantitative estimate of drug-likeness (QED) is 0.124. The van der Waals surface area contributed by atoms with E-state index in [1.807, 2.05) is 20.8 Å². The molecule has 1 saturated carbocycles. The van der Waals surface area contributed by atoms with Gasteiger partial charge in [0.1, 0.15) is 22.8 Å². The Hall–Kier alpha value is -4.67. The van der Waals surface area contributed by atoms with Gasteiger partial charge in [-0.15, -0.1) is 0 Å². The molecule has 2 amide bonds. The maximum absolute atomic E-state index is 14.3. The summed E-state index contributed by atoms with van der Waals surface area (Å²) in [6.07, 6.45) is -0.839. The lowest BCUT2D eigenvalue weighted by Crippen LogP contribution is -2.65. The number of primary amides is 1. The van der Waals surface area contributed by atoms with Crippen LogP contribution in [-0.4, -0.2) is 127 Å². The second-order valence-electron chi connectivity index (χ2n) is 14.8. The van der Waals surface area contributed by atoms with E-state index >= 15 is 0 Å². The monoisotopic (exact) mass is 716 g/mol. The maximum atomic E-state index is 14.3. The third-order valence-electron chi connectivity index (χ3n) is 9.46. The van der Waals surface area contributed by atoms with Crippen LogP contribution >= 0.6 is 0 Å². The molecule has 0 radical (unpaired) electrons. The van der Waals surface area contributed by atoms with Gasteiger partial charge in [0.05, 0.1) is 31.2 Å². The number of hydrogen-bond donors (Lipinski definition) is 5. The van der Waals surface area contributed by atoms with Gasteiger partial charge in [0, 0.05) is 50.5 Å². The van der Waals surface area contributed by atoms with E-state index in [0.717, 1.165) is 0 Å². The van der Waals surface area contributed by atoms with Crippen LogP contribution in [0.1, 0.15) is 50.3 Å². The highest BCUT2D eigenvalue weighted by molar-refractivity contribution is 6.24. The number of carbonyl (C=O) groups excluding carboxylic acids is 5. The Morgan fingerprint density at radius 1 is 1.06 bits per heavy atom. The fourth-order valence-corrected chi connectivity index (χ4v) is 7.32. The number of amides is 2. The van der Waals surface area contributed by atoms with Crippen molar-refractivity contribution in [3.8, 4) is 5.75 Å². The van der Waals surface area contributed by atoms with Crippen molar-refractivity contribution in [1.82, 2.24) is 9.80 Å². The molecule has 3 aliphatic carbocycles. The lowest BCUT2D eigenvalue weighted by Gasteiger charge is -2.50. The van der Waals surface area contributed by atoms with Gasteiger partial charge in [-0.25, -0.2) is 4.79 Å². The Bertz CT molecular complexity index is 1690. The summed E-state index contributed by atoms with van der Waals surface area (Å²) >= 11 is 0. The minimum Gasteiger partial charge on any atom is -0.508 e. The number of methoxy groups -OCH3 is 1. The Kier molecular flexibility index (Phi) is 11.1. The van der Waals surface area contributed by atoms with E-state index in [-0.39, 0.29) is 55.7 Å². The number of fused-ring (bicyclic) bond motifs is 3. The highest BCUT2D eigenvalue weighted by atomic mass is 16.7. The first-order valence-corrected chi connectivity index (χ1v) is 16.4. The third kappa shape index (κ3) is 7.25. The molecule has 0 spiro atoms. The molecular formula is C35H48N4O12. The highest BCUT2D eigenvalue weighted by Gasteiger charge is 2.64. The molecule has 1 aromatic rings. The molecule has 3 aliphatic rings. The van der Waals surface area contributed by atoms with Crippen LogP contribution in [0.3, 0.4) is 0 Å². The number of rotatable bonds is 11. The number of phenolic OH excluding ortho intramolecular Hbond substituents is 1. The molecule has 51 heavy (non-hydrogen) atoms. The van der Waals surface area contributed by atoms with E-state index < -0.39 is 88.1 Å². The zero-order valence-electron chi connectivity index (χ0n) is 30.2. The van der Waals surface area contributed by atoms with Crippen LogP contribution in [0.15, 0.2) is 23.0 Å². The van der Waals surface area contributed by atoms with E-state index in [4.69, 9.17) is 19.9 Å². The molecule has 4 rings (SSSR count). The number of aliphatic hydroxyl groups is 3. The van der Waals surface area contributed by atoms with Crippen LogP contribution in [0.2, 0.25) is 0 Å². The molecule has 0 heterocycles. The lowest BCUT2D eigenvalue weighted by atomic mass is 9.57. The zero-order chi connectivity index (χ0) is 38.3. The second kappa shape index (κ2) is 14.5. The van der Waals surface area contributed by atoms with Gasteiger partial charge in [-0.3, -0.25) is 24.1 Å². The fraction of sp³-hybridized carbons (Fsp3) is 0.571. The summed E-state index contributed by atoms with van der Waals surface area (Å²) in [6.45, 7) is 5.04. The van der Waals surface area contributed by atoms with E-state index in [1.54, 1.807) is 25.1 Å². The van der Waals surface area contributed by atoms with Crippen molar-refractivity contribution in [1.29, 1.82) is 0 Å². The first-order valence-electron chi connectivity index (χ1n) is 16.4. The molecule has 0 bridgehead atoms. The topological polar surface area (TPSA) is 230 Å². The van der Waals surface area contributed by atoms with Crippen molar-refractivity contribution < 1.29 is 58.6 Å². The van der Waals surface area contributed by atoms with Crippen LogP contribution in [0, 0.1) is 17.3 Å². The number of nitrogens with zero attached hydrogens (tertiary/aromatic N) is 3. The fourth-order valence-electron chi connectivity index (χ4n) is 7.32. The predicted molar refractivity (Wildman–Crippen MR) is 182 cm³/mol. The molecule has 16 nitrogen and oxygen atoms in total. The molecular weight excluding hydrogens is 668 g/mol. The third-order valence-corrected chi connectivity index (χ3v) is 9.46. The Morgan fingerprint density at radius 3 is 2.25 bits per heavy atom. The van der Waals surface area contributed by atoms with Crippen LogP contribution in [0.25, 0.3) is 5.76 Å². The van der Waals surface area contributed by atoms with E-state index in [2.05, 4.69) is 0 Å². The number of esters is 1. The van der Waals surface area contributed by atoms with Gasteiger partial charge in [-0.2, -0.15) is 0 Å². The van der Waals surface area contributed by atoms with Gasteiger partial charge in [0.15, 0.2) is 11.4 Å². The van der Waals surface area contributed by atoms with Crippen LogP contribution in [0.5, 0.6) is 5.75 Å². The summed E-state index contributed by atoms with van der Waals surface area (Å²) in [4.78, 5) is 69.6. The van der Waals surface area contributed by atoms with Crippen molar-refractivity contribution in [2.24, 2.45) is 23.0 Å². The number of aliphatic hydroxyl groups excluding tert-OH is 2. The van der Waals surface area contributed by atoms with E-state index in [0.29, 0.717) is 11.3 Å². The number of likely N-dealkylation sites (N-methyl/N-ethyl adjacent to an activating group) is 1. The van der Waals surface area contributed by atoms with Crippen molar-refractivity contribution in [2.45, 2.75) is 58.2 Å². The zero-order valence-corrected chi connectivity index (χ0v) is 30.2. The summed E-state index contributed by atoms with van der Waals surface area (Å²) in [7, 11) is 7.98. The Balaban J connectivity index is 1.81. The number of nitrogens with two attached hydrogens (primary N) is 1. The van der Waals surface area contributed by atoms with Gasteiger partial charge < -0.3 is 50.2 Å². The molecule has 0 aromatic heterocycles. The van der Waals surface area contributed by atoms with Crippen LogP contribution < -0.4 is 10.6 Å². The number of aromatic hydroxyl groups is 1. The largest absolute Gasteiger partial charge is 0.508 e. The van der Waals surface area contributed by atoms with Crippen molar-refractivity contribution in [3.63, 3.8) is 0 Å². The first kappa shape index (κ1) is 39.1. The van der Waals surface area contributed by atoms with Crippen molar-refractivity contribution in [2.75, 3.05) is 60.1 Å². The lowest BCUT2D eigenvalue weighted by molar-refractivity contribution is -0.154. The number of ketones is 2. The SMILES string of the molecule is COCCC(=O)OCOC(=O)N(Cc1cc(N(C)C)c2c(c1O)C(O)=C1C(=O)[C@]3(O)C(O)=C(C(N)=O)C(=O)[C@@H](N(C)C)[C@@H]3C[C@@H]1C2)CC(C)(C)C. The minimum atomic E-state index is -2.78. The highest BCUT2D eigenvalue weighted by Crippen LogP contribution is 2.54. The molecule has 4 atom stereocenters. The van der Waals surface area contributed by atoms with Crippen molar-refractivity contribution in [3.05, 3.63) is 39.7 Å².